The first kappa shape index (κ1) is 12.6. The van der Waals surface area contributed by atoms with Crippen molar-refractivity contribution in [2.24, 2.45) is 0 Å². The molecule has 1 atom stereocenters. The van der Waals surface area contributed by atoms with Crippen LogP contribution in [-0.4, -0.2) is 37.4 Å². The molecule has 0 aliphatic heterocycles. The number of hydrogen-bond donors (Lipinski definition) is 0. The maximum atomic E-state index is 11.7. The van der Waals surface area contributed by atoms with Crippen LogP contribution in [0.4, 0.5) is 0 Å². The molecule has 0 fully saturated rings. The third-order valence-corrected chi connectivity index (χ3v) is 2.35. The summed E-state index contributed by atoms with van der Waals surface area (Å²) in [6, 6.07) is 8.97. The van der Waals surface area contributed by atoms with Crippen LogP contribution in [0.15, 0.2) is 36.4 Å². The van der Waals surface area contributed by atoms with Crippen molar-refractivity contribution >= 4 is 11.9 Å². The first-order chi connectivity index (χ1) is 7.65. The van der Waals surface area contributed by atoms with Gasteiger partial charge < -0.3 is 0 Å². The van der Waals surface area contributed by atoms with Crippen molar-refractivity contribution in [3.05, 3.63) is 42.0 Å². The van der Waals surface area contributed by atoms with Gasteiger partial charge in [-0.25, -0.2) is 5.11 Å². The molecule has 1 radical (unpaired) electrons. The lowest BCUT2D eigenvalue weighted by Crippen LogP contribution is -2.37. The number of rotatable bonds is 5. The Kier molecular flexibility index (Phi) is 4.89. The second-order valence-corrected chi connectivity index (χ2v) is 3.79. The second-order valence-electron chi connectivity index (χ2n) is 3.79. The molecule has 1 rings (SSSR count). The number of carbonyl (C=O) groups is 1. The Labute approximate surface area is 96.0 Å². The molecule has 0 bridgehead atoms. The number of nitrogens with zero attached hydrogens (tertiary/aromatic N) is 1. The zero-order valence-electron chi connectivity index (χ0n) is 9.59. The Bertz CT molecular complexity index is 357. The zero-order chi connectivity index (χ0) is 12.0. The molecule has 0 saturated carbocycles. The smallest absolute Gasteiger partial charge is 0.175 e. The minimum atomic E-state index is -0.569. The number of benzene rings is 1. The maximum Gasteiger partial charge on any atom is 0.175 e. The van der Waals surface area contributed by atoms with E-state index in [2.05, 4.69) is 0 Å². The first-order valence-corrected chi connectivity index (χ1v) is 5.16. The Morgan fingerprint density at radius 1 is 1.31 bits per heavy atom. The highest BCUT2D eigenvalue weighted by atomic mass is 16.3. The van der Waals surface area contributed by atoms with E-state index in [9.17, 15) is 9.90 Å². The molecule has 0 aliphatic carbocycles. The van der Waals surface area contributed by atoms with Gasteiger partial charge in [0.25, 0.3) is 0 Å². The molecule has 0 saturated heterocycles. The van der Waals surface area contributed by atoms with Gasteiger partial charge in [-0.3, -0.25) is 9.69 Å². The summed E-state index contributed by atoms with van der Waals surface area (Å²) < 4.78 is 0. The Morgan fingerprint density at radius 2 is 1.94 bits per heavy atom. The minimum Gasteiger partial charge on any atom is -0.297 e. The van der Waals surface area contributed by atoms with E-state index in [1.807, 2.05) is 30.3 Å². The molecule has 3 nitrogen and oxygen atoms in total. The summed E-state index contributed by atoms with van der Waals surface area (Å²) in [6.07, 6.45) is 3.20. The molecule has 0 aromatic heterocycles. The molecule has 0 amide bonds. The van der Waals surface area contributed by atoms with Crippen LogP contribution in [0, 0.1) is 0 Å². The molecule has 85 valence electrons. The van der Waals surface area contributed by atoms with Crippen LogP contribution < -0.4 is 0 Å². The van der Waals surface area contributed by atoms with Gasteiger partial charge in [0.15, 0.2) is 5.78 Å². The summed E-state index contributed by atoms with van der Waals surface area (Å²) in [6.45, 7) is -0.412. The van der Waals surface area contributed by atoms with Crippen molar-refractivity contribution in [1.29, 1.82) is 0 Å². The van der Waals surface area contributed by atoms with Gasteiger partial charge >= 0.3 is 0 Å². The minimum absolute atomic E-state index is 0.149. The third-order valence-electron chi connectivity index (χ3n) is 2.35. The van der Waals surface area contributed by atoms with E-state index in [1.165, 1.54) is 6.08 Å². The highest BCUT2D eigenvalue weighted by molar-refractivity contribution is 5.97. The average molecular weight is 218 g/mol. The number of likely N-dealkylation sites (N-methyl/N-ethyl adjacent to an activating group) is 1. The van der Waals surface area contributed by atoms with E-state index in [1.54, 1.807) is 25.1 Å². The summed E-state index contributed by atoms with van der Waals surface area (Å²) in [5, 5.41) is 10.8. The molecule has 0 spiro atoms. The highest BCUT2D eigenvalue weighted by Crippen LogP contribution is 2.03. The Hall–Kier alpha value is -1.45. The van der Waals surface area contributed by atoms with Crippen molar-refractivity contribution < 1.29 is 9.90 Å². The van der Waals surface area contributed by atoms with Gasteiger partial charge in [0.2, 0.25) is 0 Å². The molecule has 1 aromatic rings. The lowest BCUT2D eigenvalue weighted by molar-refractivity contribution is -0.120. The largest absolute Gasteiger partial charge is 0.297 e. The van der Waals surface area contributed by atoms with Gasteiger partial charge in [-0.05, 0) is 25.7 Å². The molecule has 16 heavy (non-hydrogen) atoms. The molecular weight excluding hydrogens is 202 g/mol. The van der Waals surface area contributed by atoms with Gasteiger partial charge in [0, 0.05) is 0 Å². The van der Waals surface area contributed by atoms with Gasteiger partial charge in [-0.15, -0.1) is 0 Å². The van der Waals surface area contributed by atoms with E-state index >= 15 is 0 Å². The summed E-state index contributed by atoms with van der Waals surface area (Å²) in [5.41, 5.74) is 0.958. The number of carbonyl (C=O) groups excluding carboxylic acids is 1. The van der Waals surface area contributed by atoms with Crippen LogP contribution >= 0.6 is 0 Å². The Morgan fingerprint density at radius 3 is 2.44 bits per heavy atom. The summed E-state index contributed by atoms with van der Waals surface area (Å²) in [5.74, 6) is -0.149. The lowest BCUT2D eigenvalue weighted by atomic mass is 10.1. The molecule has 0 heterocycles. The molecule has 1 unspecified atom stereocenters. The van der Waals surface area contributed by atoms with Gasteiger partial charge in [-0.2, -0.15) is 0 Å². The van der Waals surface area contributed by atoms with Crippen molar-refractivity contribution in [2.45, 2.75) is 6.04 Å². The maximum absolute atomic E-state index is 11.7. The van der Waals surface area contributed by atoms with E-state index in [-0.39, 0.29) is 5.78 Å². The van der Waals surface area contributed by atoms with Crippen LogP contribution in [0.1, 0.15) is 5.56 Å². The summed E-state index contributed by atoms with van der Waals surface area (Å²) in [4.78, 5) is 13.3. The summed E-state index contributed by atoms with van der Waals surface area (Å²) >= 11 is 0. The van der Waals surface area contributed by atoms with Crippen molar-refractivity contribution in [2.75, 3.05) is 20.7 Å². The standard InChI is InChI=1S/C13H16NO2/c1-14(2)12(10-15)13(16)9-8-11-6-4-3-5-7-11/h3-9,12H,10H2,1-2H3/b9-8+. The third kappa shape index (κ3) is 3.61. The van der Waals surface area contributed by atoms with Crippen LogP contribution in [0.2, 0.25) is 0 Å². The van der Waals surface area contributed by atoms with Crippen LogP contribution in [0.5, 0.6) is 0 Å². The predicted molar refractivity (Wildman–Crippen MR) is 63.5 cm³/mol. The predicted octanol–water partition coefficient (Wildman–Crippen LogP) is 1.63. The van der Waals surface area contributed by atoms with Crippen molar-refractivity contribution in [3.63, 3.8) is 0 Å². The Balaban J connectivity index is 2.67. The average Bonchev–Trinajstić information content (AvgIpc) is 2.28. The van der Waals surface area contributed by atoms with Crippen LogP contribution in [0.25, 0.3) is 6.08 Å². The quantitative estimate of drug-likeness (QED) is 0.705. The molecule has 1 aromatic carbocycles. The van der Waals surface area contributed by atoms with E-state index < -0.39 is 12.6 Å². The lowest BCUT2D eigenvalue weighted by Gasteiger charge is -2.17. The van der Waals surface area contributed by atoms with Crippen LogP contribution in [-0.2, 0) is 9.90 Å². The van der Waals surface area contributed by atoms with Crippen molar-refractivity contribution in [1.82, 2.24) is 4.90 Å². The second kappa shape index (κ2) is 6.20. The molecule has 0 N–H and O–H groups in total. The summed E-state index contributed by atoms with van der Waals surface area (Å²) in [7, 11) is 3.47. The van der Waals surface area contributed by atoms with E-state index in [4.69, 9.17) is 0 Å². The SMILES string of the molecule is CN(C)C(C[O])C(=O)/C=C/c1ccccc1. The number of ketones is 1. The van der Waals surface area contributed by atoms with Crippen molar-refractivity contribution in [3.8, 4) is 0 Å². The first-order valence-electron chi connectivity index (χ1n) is 5.16. The monoisotopic (exact) mass is 218 g/mol. The van der Waals surface area contributed by atoms with Gasteiger partial charge in [0.05, 0.1) is 6.04 Å². The van der Waals surface area contributed by atoms with E-state index in [0.717, 1.165) is 5.56 Å². The van der Waals surface area contributed by atoms with Gasteiger partial charge in [-0.1, -0.05) is 36.4 Å². The number of hydrogen-bond acceptors (Lipinski definition) is 2. The normalized spacial score (nSPS) is 13.2. The molecular formula is C13H16NO2. The molecule has 3 heteroatoms. The van der Waals surface area contributed by atoms with Gasteiger partial charge in [0.1, 0.15) is 6.61 Å². The van der Waals surface area contributed by atoms with Crippen LogP contribution in [0.3, 0.4) is 0 Å². The zero-order valence-corrected chi connectivity index (χ0v) is 9.59. The topological polar surface area (TPSA) is 40.2 Å². The highest BCUT2D eigenvalue weighted by Gasteiger charge is 2.17. The fraction of sp³-hybridized carbons (Fsp3) is 0.308. The fourth-order valence-electron chi connectivity index (χ4n) is 1.34. The van der Waals surface area contributed by atoms with E-state index in [0.29, 0.717) is 0 Å². The fourth-order valence-corrected chi connectivity index (χ4v) is 1.34. The molecule has 0 aliphatic rings.